The number of hydrogen-bond acceptors (Lipinski definition) is 6. The van der Waals surface area contributed by atoms with Gasteiger partial charge < -0.3 is 19.7 Å². The lowest BCUT2D eigenvalue weighted by Gasteiger charge is -2.58. The van der Waals surface area contributed by atoms with Crippen LogP contribution in [-0.2, 0) is 19.1 Å². The minimum absolute atomic E-state index is 0.193. The van der Waals surface area contributed by atoms with E-state index in [1.54, 1.807) is 0 Å². The summed E-state index contributed by atoms with van der Waals surface area (Å²) in [7, 11) is 0. The van der Waals surface area contributed by atoms with E-state index in [4.69, 9.17) is 9.47 Å². The van der Waals surface area contributed by atoms with E-state index in [0.717, 1.165) is 32.1 Å². The average molecular weight is 338 g/mol. The lowest BCUT2D eigenvalue weighted by molar-refractivity contribution is -0.203. The van der Waals surface area contributed by atoms with Gasteiger partial charge in [0.1, 0.15) is 6.61 Å². The van der Waals surface area contributed by atoms with Crippen LogP contribution in [0, 0.1) is 17.3 Å². The van der Waals surface area contributed by atoms with Crippen LogP contribution in [0.1, 0.15) is 45.4 Å². The highest BCUT2D eigenvalue weighted by atomic mass is 16.6. The Morgan fingerprint density at radius 1 is 1.25 bits per heavy atom. The Morgan fingerprint density at radius 3 is 2.38 bits per heavy atom. The number of esters is 2. The number of carbonyl (C=O) groups is 2. The summed E-state index contributed by atoms with van der Waals surface area (Å²) in [5, 5.41) is 20.1. The van der Waals surface area contributed by atoms with Gasteiger partial charge >= 0.3 is 11.9 Å². The van der Waals surface area contributed by atoms with Gasteiger partial charge in [0.05, 0.1) is 17.6 Å². The van der Waals surface area contributed by atoms with Gasteiger partial charge in [-0.3, -0.25) is 4.79 Å². The fraction of sp³-hybridized carbons (Fsp3) is 0.778. The van der Waals surface area contributed by atoms with E-state index in [1.165, 1.54) is 6.92 Å². The molecule has 3 atom stereocenters. The second-order valence-corrected chi connectivity index (χ2v) is 8.05. The van der Waals surface area contributed by atoms with Crippen molar-refractivity contribution in [2.45, 2.75) is 57.2 Å². The van der Waals surface area contributed by atoms with Crippen molar-refractivity contribution in [3.05, 3.63) is 12.2 Å². The van der Waals surface area contributed by atoms with E-state index >= 15 is 0 Å². The van der Waals surface area contributed by atoms with Crippen molar-refractivity contribution >= 4 is 11.9 Å². The zero-order chi connectivity index (χ0) is 17.5. The minimum Gasteiger partial charge on any atom is -0.458 e. The first kappa shape index (κ1) is 17.4. The quantitative estimate of drug-likeness (QED) is 0.561. The molecule has 0 aromatic heterocycles. The SMILES string of the molecule is C=C(C)C(=O)OCC(CO)OC(=O)C12CC3CC(CC(O)(C3)C1)C2. The molecule has 4 aliphatic carbocycles. The number of carbonyl (C=O) groups excluding carboxylic acids is 2. The Balaban J connectivity index is 1.63. The standard InChI is InChI=1S/C18H26O6/c1-11(2)15(20)23-9-14(8-19)24-16(21)17-4-12-3-13(5-17)7-18(22,6-12)10-17/h12-14,19,22H,1,3-10H2,2H3. The lowest BCUT2D eigenvalue weighted by atomic mass is 9.48. The third-order valence-corrected chi connectivity index (χ3v) is 5.69. The maximum absolute atomic E-state index is 12.8. The predicted molar refractivity (Wildman–Crippen MR) is 84.8 cm³/mol. The fourth-order valence-corrected chi connectivity index (χ4v) is 5.15. The molecule has 4 aliphatic rings. The summed E-state index contributed by atoms with van der Waals surface area (Å²) < 4.78 is 10.4. The monoisotopic (exact) mass is 338 g/mol. The number of aliphatic hydroxyl groups is 2. The molecule has 0 amide bonds. The highest BCUT2D eigenvalue weighted by molar-refractivity contribution is 5.87. The first-order chi connectivity index (χ1) is 11.3. The van der Waals surface area contributed by atoms with Crippen LogP contribution in [0.5, 0.6) is 0 Å². The van der Waals surface area contributed by atoms with Crippen molar-refractivity contribution in [3.63, 3.8) is 0 Å². The Labute approximate surface area is 141 Å². The van der Waals surface area contributed by atoms with E-state index < -0.39 is 29.7 Å². The molecule has 0 spiro atoms. The molecule has 0 aromatic carbocycles. The van der Waals surface area contributed by atoms with Crippen LogP contribution < -0.4 is 0 Å². The van der Waals surface area contributed by atoms with E-state index in [9.17, 15) is 19.8 Å². The zero-order valence-corrected chi connectivity index (χ0v) is 14.1. The van der Waals surface area contributed by atoms with E-state index in [1.807, 2.05) is 0 Å². The molecule has 3 unspecified atom stereocenters. The van der Waals surface area contributed by atoms with Crippen molar-refractivity contribution in [1.29, 1.82) is 0 Å². The lowest BCUT2D eigenvalue weighted by Crippen LogP contribution is -2.59. The molecule has 0 aromatic rings. The van der Waals surface area contributed by atoms with Gasteiger partial charge in [-0.05, 0) is 57.3 Å². The van der Waals surface area contributed by atoms with Crippen LogP contribution in [0.15, 0.2) is 12.2 Å². The topological polar surface area (TPSA) is 93.1 Å². The molecular formula is C18H26O6. The van der Waals surface area contributed by atoms with Gasteiger partial charge in [0.25, 0.3) is 0 Å². The van der Waals surface area contributed by atoms with Crippen molar-refractivity contribution < 1.29 is 29.3 Å². The molecule has 134 valence electrons. The number of aliphatic hydroxyl groups excluding tert-OH is 1. The van der Waals surface area contributed by atoms with Crippen LogP contribution in [0.25, 0.3) is 0 Å². The van der Waals surface area contributed by atoms with Crippen molar-refractivity contribution in [2.24, 2.45) is 17.3 Å². The van der Waals surface area contributed by atoms with Crippen molar-refractivity contribution in [3.8, 4) is 0 Å². The van der Waals surface area contributed by atoms with Gasteiger partial charge in [0.15, 0.2) is 6.10 Å². The Hall–Kier alpha value is -1.40. The van der Waals surface area contributed by atoms with Crippen LogP contribution in [0.3, 0.4) is 0 Å². The third-order valence-electron chi connectivity index (χ3n) is 5.69. The van der Waals surface area contributed by atoms with Crippen molar-refractivity contribution in [1.82, 2.24) is 0 Å². The molecule has 4 rings (SSSR count). The van der Waals surface area contributed by atoms with E-state index in [-0.39, 0.29) is 18.1 Å². The summed E-state index contributed by atoms with van der Waals surface area (Å²) in [4.78, 5) is 24.2. The normalized spacial score (nSPS) is 37.8. The zero-order valence-electron chi connectivity index (χ0n) is 14.1. The molecule has 2 N–H and O–H groups in total. The largest absolute Gasteiger partial charge is 0.458 e. The third kappa shape index (κ3) is 3.22. The smallest absolute Gasteiger partial charge is 0.333 e. The maximum Gasteiger partial charge on any atom is 0.333 e. The molecule has 0 radical (unpaired) electrons. The van der Waals surface area contributed by atoms with E-state index in [2.05, 4.69) is 6.58 Å². The molecule has 24 heavy (non-hydrogen) atoms. The Morgan fingerprint density at radius 2 is 1.88 bits per heavy atom. The van der Waals surface area contributed by atoms with Gasteiger partial charge in [-0.2, -0.15) is 0 Å². The number of rotatable bonds is 6. The molecule has 4 saturated carbocycles. The molecule has 0 aliphatic heterocycles. The summed E-state index contributed by atoms with van der Waals surface area (Å²) in [6.07, 6.45) is 3.68. The van der Waals surface area contributed by atoms with Gasteiger partial charge in [-0.25, -0.2) is 4.79 Å². The minimum atomic E-state index is -0.886. The van der Waals surface area contributed by atoms with Crippen LogP contribution in [0.4, 0.5) is 0 Å². The highest BCUT2D eigenvalue weighted by Crippen LogP contribution is 2.62. The summed E-state index contributed by atoms with van der Waals surface area (Å²) in [6.45, 7) is 4.40. The predicted octanol–water partition coefficient (Wildman–Crippen LogP) is 1.34. The van der Waals surface area contributed by atoms with Crippen LogP contribution in [0.2, 0.25) is 0 Å². The van der Waals surface area contributed by atoms with Crippen LogP contribution >= 0.6 is 0 Å². The fourth-order valence-electron chi connectivity index (χ4n) is 5.15. The first-order valence-electron chi connectivity index (χ1n) is 8.62. The molecule has 6 heteroatoms. The molecular weight excluding hydrogens is 312 g/mol. The van der Waals surface area contributed by atoms with Crippen molar-refractivity contribution in [2.75, 3.05) is 13.2 Å². The molecule has 4 bridgehead atoms. The second kappa shape index (κ2) is 6.15. The number of hydrogen-bond donors (Lipinski definition) is 2. The average Bonchev–Trinajstić information content (AvgIpc) is 2.48. The highest BCUT2D eigenvalue weighted by Gasteiger charge is 2.61. The van der Waals surface area contributed by atoms with Gasteiger partial charge in [0.2, 0.25) is 0 Å². The summed E-state index contributed by atoms with van der Waals surface area (Å²) in [5.41, 5.74) is -1.14. The summed E-state index contributed by atoms with van der Waals surface area (Å²) >= 11 is 0. The van der Waals surface area contributed by atoms with E-state index in [0.29, 0.717) is 18.3 Å². The first-order valence-corrected chi connectivity index (χ1v) is 8.62. The number of ether oxygens (including phenoxy) is 2. The Kier molecular flexibility index (Phi) is 4.47. The van der Waals surface area contributed by atoms with Gasteiger partial charge in [-0.1, -0.05) is 6.58 Å². The Bertz CT molecular complexity index is 540. The molecule has 6 nitrogen and oxygen atoms in total. The summed E-state index contributed by atoms with van der Waals surface area (Å²) in [5.74, 6) is -0.204. The van der Waals surface area contributed by atoms with Gasteiger partial charge in [-0.15, -0.1) is 0 Å². The molecule has 4 fully saturated rings. The maximum atomic E-state index is 12.8. The molecule has 0 saturated heterocycles. The molecule has 0 heterocycles. The second-order valence-electron chi connectivity index (χ2n) is 8.05. The van der Waals surface area contributed by atoms with Crippen LogP contribution in [-0.4, -0.2) is 47.1 Å². The van der Waals surface area contributed by atoms with Gasteiger partial charge in [0, 0.05) is 5.57 Å². The summed E-state index contributed by atoms with van der Waals surface area (Å²) in [6, 6.07) is 0.